The van der Waals surface area contributed by atoms with Crippen LogP contribution in [0.15, 0.2) is 15.5 Å². The van der Waals surface area contributed by atoms with Gasteiger partial charge in [0.2, 0.25) is 6.08 Å². The van der Waals surface area contributed by atoms with Crippen molar-refractivity contribution in [2.75, 3.05) is 14.2 Å². The predicted octanol–water partition coefficient (Wildman–Crippen LogP) is 3.43. The van der Waals surface area contributed by atoms with Crippen LogP contribution in [0, 0.1) is 0 Å². The molecule has 0 atom stereocenters. The molecule has 5 heteroatoms. The van der Waals surface area contributed by atoms with E-state index in [1.54, 1.807) is 20.3 Å². The van der Waals surface area contributed by atoms with Crippen molar-refractivity contribution in [2.45, 2.75) is 26.3 Å². The van der Waals surface area contributed by atoms with Crippen LogP contribution < -0.4 is 9.47 Å². The second kappa shape index (κ2) is 6.57. The highest BCUT2D eigenvalue weighted by molar-refractivity contribution is 9.10. The van der Waals surface area contributed by atoms with Crippen molar-refractivity contribution in [1.82, 2.24) is 0 Å². The number of methoxy groups -OCH3 is 2. The van der Waals surface area contributed by atoms with Crippen LogP contribution in [0.25, 0.3) is 0 Å². The molecule has 0 radical (unpaired) electrons. The molecule has 0 unspecified atom stereocenters. The quantitative estimate of drug-likeness (QED) is 0.618. The molecule has 0 saturated heterocycles. The molecule has 18 heavy (non-hydrogen) atoms. The Hall–Kier alpha value is -1.32. The number of nitrogens with zero attached hydrogens (tertiary/aromatic N) is 1. The Labute approximate surface area is 115 Å². The number of halogens is 1. The molecule has 98 valence electrons. The molecule has 0 saturated carbocycles. The van der Waals surface area contributed by atoms with Crippen molar-refractivity contribution in [1.29, 1.82) is 0 Å². The fourth-order valence-corrected chi connectivity index (χ4v) is 2.96. The van der Waals surface area contributed by atoms with Crippen LogP contribution in [0.4, 0.5) is 0 Å². The summed E-state index contributed by atoms with van der Waals surface area (Å²) in [5.41, 5.74) is 1.99. The van der Waals surface area contributed by atoms with Gasteiger partial charge in [0.1, 0.15) is 0 Å². The molecule has 0 aliphatic heterocycles. The maximum Gasteiger partial charge on any atom is 0.235 e. The van der Waals surface area contributed by atoms with Gasteiger partial charge in [0.25, 0.3) is 0 Å². The lowest BCUT2D eigenvalue weighted by Gasteiger charge is -2.19. The molecular formula is C13H16BrNO3. The molecule has 0 fully saturated rings. The Kier molecular flexibility index (Phi) is 5.38. The molecule has 0 amide bonds. The van der Waals surface area contributed by atoms with Gasteiger partial charge in [-0.25, -0.2) is 9.79 Å². The summed E-state index contributed by atoms with van der Waals surface area (Å²) in [7, 11) is 3.17. The Morgan fingerprint density at radius 3 is 2.50 bits per heavy atom. The van der Waals surface area contributed by atoms with E-state index < -0.39 is 0 Å². The number of aliphatic imine (C=N–C) groups is 1. The van der Waals surface area contributed by atoms with Crippen LogP contribution in [0.2, 0.25) is 0 Å². The molecule has 0 aromatic heterocycles. The standard InChI is InChI=1S/C13H16BrNO3/c1-8(2)11-9(6-15-7-16)5-10(17-3)13(18-4)12(11)14/h5,8H,6H2,1-4H3. The summed E-state index contributed by atoms with van der Waals surface area (Å²) in [5, 5.41) is 0. The number of hydrogen-bond donors (Lipinski definition) is 0. The largest absolute Gasteiger partial charge is 0.493 e. The van der Waals surface area contributed by atoms with E-state index in [1.807, 2.05) is 6.07 Å². The number of hydrogen-bond acceptors (Lipinski definition) is 4. The highest BCUT2D eigenvalue weighted by Crippen LogP contribution is 2.42. The minimum absolute atomic E-state index is 0.274. The van der Waals surface area contributed by atoms with Crippen molar-refractivity contribution in [3.8, 4) is 11.5 Å². The number of isocyanates is 1. The smallest absolute Gasteiger partial charge is 0.235 e. The van der Waals surface area contributed by atoms with Gasteiger partial charge in [-0.05, 0) is 39.0 Å². The van der Waals surface area contributed by atoms with Gasteiger partial charge in [0.15, 0.2) is 11.5 Å². The first kappa shape index (κ1) is 14.7. The van der Waals surface area contributed by atoms with Crippen LogP contribution in [-0.2, 0) is 11.3 Å². The minimum Gasteiger partial charge on any atom is -0.493 e. The summed E-state index contributed by atoms with van der Waals surface area (Å²) in [6.45, 7) is 4.43. The Bertz CT molecular complexity index is 480. The average molecular weight is 314 g/mol. The number of rotatable bonds is 5. The van der Waals surface area contributed by atoms with Gasteiger partial charge in [-0.2, -0.15) is 0 Å². The van der Waals surface area contributed by atoms with Gasteiger partial charge in [0, 0.05) is 0 Å². The van der Waals surface area contributed by atoms with Crippen molar-refractivity contribution in [3.05, 3.63) is 21.7 Å². The second-order valence-corrected chi connectivity index (χ2v) is 4.85. The molecule has 1 aromatic rings. The average Bonchev–Trinajstić information content (AvgIpc) is 2.34. The van der Waals surface area contributed by atoms with Crippen LogP contribution in [0.5, 0.6) is 11.5 Å². The van der Waals surface area contributed by atoms with Gasteiger partial charge < -0.3 is 9.47 Å². The van der Waals surface area contributed by atoms with Crippen LogP contribution in [0.1, 0.15) is 30.9 Å². The summed E-state index contributed by atoms with van der Waals surface area (Å²) in [6, 6.07) is 1.85. The molecule has 0 spiro atoms. The summed E-state index contributed by atoms with van der Waals surface area (Å²) in [5.74, 6) is 1.54. The van der Waals surface area contributed by atoms with Crippen LogP contribution in [0.3, 0.4) is 0 Å². The van der Waals surface area contributed by atoms with Gasteiger partial charge in [-0.3, -0.25) is 0 Å². The normalized spacial score (nSPS) is 10.1. The van der Waals surface area contributed by atoms with E-state index in [0.29, 0.717) is 11.5 Å². The van der Waals surface area contributed by atoms with E-state index in [4.69, 9.17) is 9.47 Å². The first-order valence-corrected chi connectivity index (χ1v) is 6.32. The summed E-state index contributed by atoms with van der Waals surface area (Å²) in [4.78, 5) is 13.9. The highest BCUT2D eigenvalue weighted by Gasteiger charge is 2.19. The van der Waals surface area contributed by atoms with E-state index in [9.17, 15) is 4.79 Å². The Balaban J connectivity index is 3.48. The number of ether oxygens (including phenoxy) is 2. The Morgan fingerprint density at radius 2 is 2.06 bits per heavy atom. The van der Waals surface area contributed by atoms with Crippen LogP contribution in [-0.4, -0.2) is 20.3 Å². The second-order valence-electron chi connectivity index (χ2n) is 4.06. The van der Waals surface area contributed by atoms with Gasteiger partial charge >= 0.3 is 0 Å². The fourth-order valence-electron chi connectivity index (χ4n) is 1.89. The third kappa shape index (κ3) is 2.92. The van der Waals surface area contributed by atoms with E-state index in [1.165, 1.54) is 0 Å². The SMILES string of the molecule is COc1cc(CN=C=O)c(C(C)C)c(Br)c1OC. The lowest BCUT2D eigenvalue weighted by Crippen LogP contribution is -2.02. The van der Waals surface area contributed by atoms with Crippen molar-refractivity contribution in [2.24, 2.45) is 4.99 Å². The lowest BCUT2D eigenvalue weighted by atomic mass is 9.96. The molecule has 0 aliphatic rings. The fraction of sp³-hybridized carbons (Fsp3) is 0.462. The zero-order valence-corrected chi connectivity index (χ0v) is 12.5. The molecule has 0 aliphatic carbocycles. The first-order chi connectivity index (χ1) is 8.56. The van der Waals surface area contributed by atoms with Crippen molar-refractivity contribution in [3.63, 3.8) is 0 Å². The molecule has 0 N–H and O–H groups in total. The lowest BCUT2D eigenvalue weighted by molar-refractivity contribution is 0.352. The van der Waals surface area contributed by atoms with Gasteiger partial charge in [0.05, 0.1) is 25.2 Å². The molecule has 4 nitrogen and oxygen atoms in total. The molecule has 1 aromatic carbocycles. The van der Waals surface area contributed by atoms with E-state index >= 15 is 0 Å². The summed E-state index contributed by atoms with van der Waals surface area (Å²) < 4.78 is 11.5. The minimum atomic E-state index is 0.274. The summed E-state index contributed by atoms with van der Waals surface area (Å²) in [6.07, 6.45) is 1.56. The molecular weight excluding hydrogens is 298 g/mol. The summed E-state index contributed by atoms with van der Waals surface area (Å²) >= 11 is 3.53. The zero-order chi connectivity index (χ0) is 13.7. The maximum atomic E-state index is 10.3. The predicted molar refractivity (Wildman–Crippen MR) is 73.2 cm³/mol. The number of carbonyl (C=O) groups excluding carboxylic acids is 1. The van der Waals surface area contributed by atoms with Gasteiger partial charge in [-0.1, -0.05) is 13.8 Å². The van der Waals surface area contributed by atoms with Crippen LogP contribution >= 0.6 is 15.9 Å². The maximum absolute atomic E-state index is 10.3. The van der Waals surface area contributed by atoms with Crippen molar-refractivity contribution < 1.29 is 14.3 Å². The first-order valence-electron chi connectivity index (χ1n) is 5.53. The third-order valence-electron chi connectivity index (χ3n) is 2.63. The molecule has 0 bridgehead atoms. The topological polar surface area (TPSA) is 47.9 Å². The third-order valence-corrected chi connectivity index (χ3v) is 3.41. The monoisotopic (exact) mass is 313 g/mol. The Morgan fingerprint density at radius 1 is 1.39 bits per heavy atom. The van der Waals surface area contributed by atoms with Gasteiger partial charge in [-0.15, -0.1) is 0 Å². The molecule has 0 heterocycles. The molecule has 1 rings (SSSR count). The van der Waals surface area contributed by atoms with E-state index in [-0.39, 0.29) is 12.5 Å². The van der Waals surface area contributed by atoms with E-state index in [2.05, 4.69) is 34.8 Å². The number of benzene rings is 1. The zero-order valence-electron chi connectivity index (χ0n) is 10.9. The highest BCUT2D eigenvalue weighted by atomic mass is 79.9. The van der Waals surface area contributed by atoms with E-state index in [0.717, 1.165) is 15.6 Å². The van der Waals surface area contributed by atoms with Crippen molar-refractivity contribution >= 4 is 22.0 Å².